The Hall–Kier alpha value is -2.33. The maximum Gasteiger partial charge on any atom is 0.314 e. The molecule has 5 heteroatoms. The van der Waals surface area contributed by atoms with Crippen molar-refractivity contribution >= 4 is 29.2 Å². The molecule has 0 aromatic heterocycles. The molecule has 0 saturated heterocycles. The van der Waals surface area contributed by atoms with Gasteiger partial charge in [-0.3, -0.25) is 9.59 Å². The Morgan fingerprint density at radius 1 is 1.00 bits per heavy atom. The van der Waals surface area contributed by atoms with E-state index in [-0.39, 0.29) is 17.8 Å². The van der Waals surface area contributed by atoms with E-state index < -0.39 is 0 Å². The van der Waals surface area contributed by atoms with Crippen molar-refractivity contribution in [3.8, 4) is 5.75 Å². The Morgan fingerprint density at radius 2 is 1.77 bits per heavy atom. The van der Waals surface area contributed by atoms with Gasteiger partial charge in [-0.1, -0.05) is 30.2 Å². The van der Waals surface area contributed by atoms with Crippen LogP contribution in [0.15, 0.2) is 48.5 Å². The summed E-state index contributed by atoms with van der Waals surface area (Å²) in [5.41, 5.74) is 1.04. The monoisotopic (exact) mass is 369 g/mol. The third-order valence-corrected chi connectivity index (χ3v) is 5.82. The van der Waals surface area contributed by atoms with Crippen molar-refractivity contribution < 1.29 is 14.3 Å². The van der Waals surface area contributed by atoms with E-state index in [1.807, 2.05) is 0 Å². The number of fused-ring (bicyclic) bond motifs is 2. The van der Waals surface area contributed by atoms with E-state index in [9.17, 15) is 9.59 Å². The van der Waals surface area contributed by atoms with Crippen molar-refractivity contribution in [3.05, 3.63) is 59.1 Å². The molecule has 4 rings (SSSR count). The van der Waals surface area contributed by atoms with Crippen LogP contribution in [0.5, 0.6) is 5.75 Å². The Bertz CT molecular complexity index is 833. The van der Waals surface area contributed by atoms with Gasteiger partial charge in [-0.25, -0.2) is 0 Å². The number of hydrogen-bond acceptors (Lipinski definition) is 3. The van der Waals surface area contributed by atoms with Gasteiger partial charge >= 0.3 is 5.97 Å². The Kier molecular flexibility index (Phi) is 4.68. The second kappa shape index (κ2) is 7.12. The van der Waals surface area contributed by atoms with Gasteiger partial charge in [0, 0.05) is 5.69 Å². The summed E-state index contributed by atoms with van der Waals surface area (Å²) in [5, 5.41) is 3.20. The number of benzene rings is 2. The van der Waals surface area contributed by atoms with Gasteiger partial charge in [0.05, 0.1) is 16.5 Å². The van der Waals surface area contributed by atoms with Crippen molar-refractivity contribution in [2.24, 2.45) is 17.8 Å². The van der Waals surface area contributed by atoms with Crippen LogP contribution in [0.1, 0.15) is 36.0 Å². The molecule has 26 heavy (non-hydrogen) atoms. The van der Waals surface area contributed by atoms with Gasteiger partial charge in [0.2, 0.25) is 0 Å². The van der Waals surface area contributed by atoms with E-state index in [0.29, 0.717) is 33.9 Å². The highest BCUT2D eigenvalue weighted by atomic mass is 35.5. The molecule has 3 unspecified atom stereocenters. The van der Waals surface area contributed by atoms with Crippen LogP contribution in [0.2, 0.25) is 5.02 Å². The number of ether oxygens (including phenoxy) is 1. The number of hydrogen-bond donors (Lipinski definition) is 1. The molecule has 1 amide bonds. The fraction of sp³-hybridized carbons (Fsp3) is 0.333. The normalized spacial score (nSPS) is 23.7. The minimum Gasteiger partial charge on any atom is -0.426 e. The molecule has 0 spiro atoms. The molecule has 1 N–H and O–H groups in total. The molecule has 0 aliphatic heterocycles. The van der Waals surface area contributed by atoms with Crippen LogP contribution < -0.4 is 10.1 Å². The molecule has 2 bridgehead atoms. The van der Waals surface area contributed by atoms with E-state index in [2.05, 4.69) is 5.32 Å². The second-order valence-corrected chi connectivity index (χ2v) is 7.57. The Balaban J connectivity index is 1.37. The van der Waals surface area contributed by atoms with Crippen molar-refractivity contribution in [2.45, 2.75) is 25.7 Å². The Morgan fingerprint density at radius 3 is 2.42 bits per heavy atom. The van der Waals surface area contributed by atoms with E-state index >= 15 is 0 Å². The smallest absolute Gasteiger partial charge is 0.314 e. The summed E-state index contributed by atoms with van der Waals surface area (Å²) in [6.45, 7) is 0. The lowest BCUT2D eigenvalue weighted by molar-refractivity contribution is -0.140. The number of halogens is 1. The molecule has 3 atom stereocenters. The molecule has 2 aliphatic carbocycles. The van der Waals surface area contributed by atoms with Gasteiger partial charge in [-0.2, -0.15) is 0 Å². The molecular formula is C21H20ClNO3. The maximum absolute atomic E-state index is 12.4. The van der Waals surface area contributed by atoms with E-state index in [1.165, 1.54) is 12.8 Å². The minimum atomic E-state index is -0.276. The quantitative estimate of drug-likeness (QED) is 0.613. The topological polar surface area (TPSA) is 55.4 Å². The number of carbonyl (C=O) groups excluding carboxylic acids is 2. The first-order valence-electron chi connectivity index (χ1n) is 8.98. The van der Waals surface area contributed by atoms with Crippen LogP contribution in [0, 0.1) is 17.8 Å². The van der Waals surface area contributed by atoms with Crippen LogP contribution in [0.3, 0.4) is 0 Å². The molecule has 134 valence electrons. The summed E-state index contributed by atoms with van der Waals surface area (Å²) in [5.74, 6) is 1.37. The fourth-order valence-electron chi connectivity index (χ4n) is 4.18. The average Bonchev–Trinajstić information content (AvgIpc) is 3.27. The van der Waals surface area contributed by atoms with Gasteiger partial charge in [0.15, 0.2) is 0 Å². The highest BCUT2D eigenvalue weighted by Gasteiger charge is 2.44. The third-order valence-electron chi connectivity index (χ3n) is 5.49. The predicted molar refractivity (Wildman–Crippen MR) is 100 cm³/mol. The van der Waals surface area contributed by atoms with Crippen LogP contribution in [0.25, 0.3) is 0 Å². The molecule has 2 saturated carbocycles. The van der Waals surface area contributed by atoms with Crippen LogP contribution in [-0.4, -0.2) is 11.9 Å². The first-order chi connectivity index (χ1) is 12.6. The fourth-order valence-corrected chi connectivity index (χ4v) is 4.40. The zero-order chi connectivity index (χ0) is 18.1. The molecule has 4 nitrogen and oxygen atoms in total. The molecule has 2 fully saturated rings. The lowest BCUT2D eigenvalue weighted by Gasteiger charge is -2.19. The van der Waals surface area contributed by atoms with Crippen molar-refractivity contribution in [2.75, 3.05) is 5.32 Å². The van der Waals surface area contributed by atoms with E-state index in [4.69, 9.17) is 16.3 Å². The molecule has 0 heterocycles. The number of amides is 1. The minimum absolute atomic E-state index is 0.0494. The Labute approximate surface area is 157 Å². The van der Waals surface area contributed by atoms with Crippen molar-refractivity contribution in [1.82, 2.24) is 0 Å². The first kappa shape index (κ1) is 17.1. The highest BCUT2D eigenvalue weighted by Crippen LogP contribution is 2.48. The summed E-state index contributed by atoms with van der Waals surface area (Å²) >= 11 is 6.04. The molecule has 2 aromatic rings. The summed E-state index contributed by atoms with van der Waals surface area (Å²) < 4.78 is 5.54. The molecule has 0 radical (unpaired) electrons. The van der Waals surface area contributed by atoms with Crippen LogP contribution in [0.4, 0.5) is 5.69 Å². The molecular weight excluding hydrogens is 350 g/mol. The summed E-state index contributed by atoms with van der Waals surface area (Å²) in [4.78, 5) is 24.6. The SMILES string of the molecule is O=C(Nc1ccc(OC(=O)C2CC3CCC2C3)cc1)c1ccccc1Cl. The lowest BCUT2D eigenvalue weighted by Crippen LogP contribution is -2.25. The van der Waals surface area contributed by atoms with Gasteiger partial charge in [0.25, 0.3) is 5.91 Å². The van der Waals surface area contributed by atoms with Gasteiger partial charge in [-0.05, 0) is 67.5 Å². The van der Waals surface area contributed by atoms with E-state index in [0.717, 1.165) is 12.8 Å². The zero-order valence-corrected chi connectivity index (χ0v) is 15.0. The maximum atomic E-state index is 12.4. The van der Waals surface area contributed by atoms with Gasteiger partial charge < -0.3 is 10.1 Å². The molecule has 2 aromatic carbocycles. The zero-order valence-electron chi connectivity index (χ0n) is 14.3. The van der Waals surface area contributed by atoms with E-state index in [1.54, 1.807) is 48.5 Å². The molecule has 2 aliphatic rings. The number of nitrogens with one attached hydrogen (secondary N) is 1. The standard InChI is InChI=1S/C21H20ClNO3/c22-19-4-2-1-3-17(19)20(24)23-15-7-9-16(10-8-15)26-21(25)18-12-13-5-6-14(18)11-13/h1-4,7-10,13-14,18H,5-6,11-12H2,(H,23,24). The number of anilines is 1. The highest BCUT2D eigenvalue weighted by molar-refractivity contribution is 6.34. The van der Waals surface area contributed by atoms with Crippen LogP contribution in [-0.2, 0) is 4.79 Å². The number of esters is 1. The van der Waals surface area contributed by atoms with Crippen molar-refractivity contribution in [1.29, 1.82) is 0 Å². The average molecular weight is 370 g/mol. The summed E-state index contributed by atoms with van der Waals surface area (Å²) in [7, 11) is 0. The predicted octanol–water partition coefficient (Wildman–Crippen LogP) is 4.93. The van der Waals surface area contributed by atoms with Gasteiger partial charge in [0.1, 0.15) is 5.75 Å². The third kappa shape index (κ3) is 3.47. The second-order valence-electron chi connectivity index (χ2n) is 7.16. The number of carbonyl (C=O) groups is 2. The van der Waals surface area contributed by atoms with Crippen LogP contribution >= 0.6 is 11.6 Å². The largest absolute Gasteiger partial charge is 0.426 e. The summed E-state index contributed by atoms with van der Waals surface area (Å²) in [6.07, 6.45) is 4.55. The number of rotatable bonds is 4. The first-order valence-corrected chi connectivity index (χ1v) is 9.35. The lowest BCUT2D eigenvalue weighted by atomic mass is 9.89. The van der Waals surface area contributed by atoms with Crippen molar-refractivity contribution in [3.63, 3.8) is 0 Å². The van der Waals surface area contributed by atoms with Gasteiger partial charge in [-0.15, -0.1) is 0 Å². The summed E-state index contributed by atoms with van der Waals surface area (Å²) in [6, 6.07) is 13.7.